The summed E-state index contributed by atoms with van der Waals surface area (Å²) in [6.07, 6.45) is 11.1. The lowest BCUT2D eigenvalue weighted by atomic mass is 9.58. The van der Waals surface area contributed by atoms with Crippen LogP contribution in [0.3, 0.4) is 0 Å². The van der Waals surface area contributed by atoms with E-state index in [1.54, 1.807) is 0 Å². The van der Waals surface area contributed by atoms with Gasteiger partial charge in [0.15, 0.2) is 0 Å². The van der Waals surface area contributed by atoms with Crippen molar-refractivity contribution in [3.05, 3.63) is 44.3 Å². The predicted molar refractivity (Wildman–Crippen MR) is 130 cm³/mol. The van der Waals surface area contributed by atoms with Gasteiger partial charge in [0, 0.05) is 11.5 Å². The Morgan fingerprint density at radius 1 is 1.21 bits per heavy atom. The molecule has 0 aliphatic heterocycles. The zero-order chi connectivity index (χ0) is 24.0. The van der Waals surface area contributed by atoms with Gasteiger partial charge in [-0.25, -0.2) is 9.37 Å². The second-order valence-electron chi connectivity index (χ2n) is 9.27. The van der Waals surface area contributed by atoms with E-state index in [9.17, 15) is 19.3 Å². The lowest BCUT2D eigenvalue weighted by molar-refractivity contribution is -0.386. The van der Waals surface area contributed by atoms with E-state index in [4.69, 9.17) is 4.74 Å². The third-order valence-electron chi connectivity index (χ3n) is 6.58. The summed E-state index contributed by atoms with van der Waals surface area (Å²) in [4.78, 5) is 28.7. The Balaban J connectivity index is 1.77. The quantitative estimate of drug-likeness (QED) is 0.125. The second-order valence-corrected chi connectivity index (χ2v) is 10.1. The summed E-state index contributed by atoms with van der Waals surface area (Å²) in [7, 11) is 0. The number of hydrogen-bond donors (Lipinski definition) is 0. The minimum absolute atomic E-state index is 0.174. The molecule has 1 aromatic heterocycles. The molecule has 1 heterocycles. The van der Waals surface area contributed by atoms with Gasteiger partial charge in [-0.1, -0.05) is 58.8 Å². The van der Waals surface area contributed by atoms with Crippen LogP contribution in [-0.2, 0) is 14.9 Å². The molecule has 6 nitrogen and oxygen atoms in total. The fraction of sp³-hybridized carbons (Fsp3) is 0.600. The highest BCUT2D eigenvalue weighted by molar-refractivity contribution is 9.10. The number of unbranched alkanes of at least 4 members (excludes halogenated alkanes) is 7. The third kappa shape index (κ3) is 5.70. The molecule has 33 heavy (non-hydrogen) atoms. The molecule has 0 spiro atoms. The number of nitrogens with zero attached hydrogens (tertiary/aromatic N) is 2. The number of benzene rings is 1. The van der Waals surface area contributed by atoms with Gasteiger partial charge in [0.05, 0.1) is 27.1 Å². The maximum Gasteiger partial charge on any atom is 0.316 e. The van der Waals surface area contributed by atoms with Crippen LogP contribution in [0.2, 0.25) is 0 Å². The number of pyridine rings is 1. The van der Waals surface area contributed by atoms with E-state index in [1.165, 1.54) is 44.2 Å². The van der Waals surface area contributed by atoms with Gasteiger partial charge in [0.2, 0.25) is 0 Å². The monoisotopic (exact) mass is 522 g/mol. The van der Waals surface area contributed by atoms with Crippen LogP contribution in [0.4, 0.5) is 10.1 Å². The van der Waals surface area contributed by atoms with Gasteiger partial charge in [-0.2, -0.15) is 0 Å². The van der Waals surface area contributed by atoms with Crippen molar-refractivity contribution in [2.45, 2.75) is 83.5 Å². The van der Waals surface area contributed by atoms with Crippen molar-refractivity contribution in [2.75, 3.05) is 6.61 Å². The van der Waals surface area contributed by atoms with Crippen LogP contribution in [0.25, 0.3) is 10.9 Å². The number of fused-ring (bicyclic) bond motifs is 1. The largest absolute Gasteiger partial charge is 0.465 e. The Labute approximate surface area is 202 Å². The zero-order valence-corrected chi connectivity index (χ0v) is 21.0. The number of ether oxygens (including phenoxy) is 1. The normalized spacial score (nSPS) is 19.9. The van der Waals surface area contributed by atoms with E-state index < -0.39 is 22.1 Å². The molecule has 1 aromatic carbocycles. The molecule has 1 aliphatic carbocycles. The fourth-order valence-electron chi connectivity index (χ4n) is 4.96. The van der Waals surface area contributed by atoms with Crippen LogP contribution < -0.4 is 0 Å². The number of nitro groups is 1. The average molecular weight is 523 g/mol. The highest BCUT2D eigenvalue weighted by atomic mass is 79.9. The summed E-state index contributed by atoms with van der Waals surface area (Å²) in [5.41, 5.74) is -0.763. The molecule has 0 unspecified atom stereocenters. The van der Waals surface area contributed by atoms with Crippen molar-refractivity contribution >= 4 is 38.5 Å². The van der Waals surface area contributed by atoms with Crippen molar-refractivity contribution < 1.29 is 18.8 Å². The third-order valence-corrected chi connectivity index (χ3v) is 7.19. The smallest absolute Gasteiger partial charge is 0.316 e. The van der Waals surface area contributed by atoms with E-state index in [0.717, 1.165) is 25.5 Å². The average Bonchev–Trinajstić information content (AvgIpc) is 2.75. The maximum absolute atomic E-state index is 14.1. The molecule has 0 saturated heterocycles. The summed E-state index contributed by atoms with van der Waals surface area (Å²) in [5.74, 6) is -0.713. The van der Waals surface area contributed by atoms with Crippen molar-refractivity contribution in [3.63, 3.8) is 0 Å². The first-order valence-electron chi connectivity index (χ1n) is 11.9. The molecule has 1 aliphatic rings. The molecule has 2 aromatic rings. The number of esters is 1. The summed E-state index contributed by atoms with van der Waals surface area (Å²) >= 11 is 3.16. The van der Waals surface area contributed by atoms with Crippen molar-refractivity contribution in [1.29, 1.82) is 0 Å². The first-order chi connectivity index (χ1) is 15.8. The van der Waals surface area contributed by atoms with Crippen LogP contribution >= 0.6 is 15.9 Å². The van der Waals surface area contributed by atoms with Gasteiger partial charge in [0.25, 0.3) is 5.69 Å². The predicted octanol–water partition coefficient (Wildman–Crippen LogP) is 7.40. The van der Waals surface area contributed by atoms with Gasteiger partial charge in [0.1, 0.15) is 17.4 Å². The fourth-order valence-corrected chi connectivity index (χ4v) is 5.30. The molecule has 180 valence electrons. The van der Waals surface area contributed by atoms with Crippen molar-refractivity contribution in [2.24, 2.45) is 5.92 Å². The van der Waals surface area contributed by atoms with E-state index in [-0.39, 0.29) is 27.2 Å². The Hall–Kier alpha value is -2.09. The van der Waals surface area contributed by atoms with Gasteiger partial charge < -0.3 is 4.74 Å². The summed E-state index contributed by atoms with van der Waals surface area (Å²) in [5, 5.41) is 12.3. The van der Waals surface area contributed by atoms with E-state index in [2.05, 4.69) is 27.8 Å². The molecule has 0 radical (unpaired) electrons. The molecule has 1 fully saturated rings. The van der Waals surface area contributed by atoms with Gasteiger partial charge in [-0.15, -0.1) is 0 Å². The van der Waals surface area contributed by atoms with Crippen molar-refractivity contribution in [3.8, 4) is 0 Å². The Bertz CT molecular complexity index is 1010. The summed E-state index contributed by atoms with van der Waals surface area (Å²) in [6.45, 7) is 4.51. The lowest BCUT2D eigenvalue weighted by Gasteiger charge is -2.44. The topological polar surface area (TPSA) is 82.3 Å². The summed E-state index contributed by atoms with van der Waals surface area (Å²) in [6, 6.07) is 2.71. The van der Waals surface area contributed by atoms with Gasteiger partial charge >= 0.3 is 5.97 Å². The number of hydrogen-bond acceptors (Lipinski definition) is 5. The van der Waals surface area contributed by atoms with Crippen molar-refractivity contribution in [1.82, 2.24) is 4.98 Å². The van der Waals surface area contributed by atoms with Gasteiger partial charge in [-0.3, -0.25) is 14.9 Å². The summed E-state index contributed by atoms with van der Waals surface area (Å²) < 4.78 is 19.9. The minimum atomic E-state index is -1.11. The Morgan fingerprint density at radius 3 is 2.45 bits per heavy atom. The van der Waals surface area contributed by atoms with Crippen LogP contribution in [0.1, 0.15) is 83.6 Å². The van der Waals surface area contributed by atoms with Crippen LogP contribution in [0.15, 0.2) is 22.8 Å². The van der Waals surface area contributed by atoms with Crippen LogP contribution in [-0.4, -0.2) is 22.5 Å². The number of carbonyl (C=O) groups is 1. The van der Waals surface area contributed by atoms with E-state index in [1.807, 2.05) is 6.92 Å². The standard InChI is InChI=1S/C25H32BrFN2O4/c1-3-4-5-6-7-8-9-10-11-33-24(30)25(14-17(2)15-25)23-18-12-19(26)20(27)13-21(18)28-16-22(23)29(31)32/h12-13,16-17H,3-11,14-15H2,1-2H3. The molecule has 3 rings (SSSR count). The highest BCUT2D eigenvalue weighted by Gasteiger charge is 2.55. The van der Waals surface area contributed by atoms with E-state index in [0.29, 0.717) is 24.8 Å². The molecule has 0 atom stereocenters. The van der Waals surface area contributed by atoms with Crippen LogP contribution in [0, 0.1) is 21.8 Å². The second kappa shape index (κ2) is 11.4. The first-order valence-corrected chi connectivity index (χ1v) is 12.7. The van der Waals surface area contributed by atoms with Gasteiger partial charge in [-0.05, 0) is 47.2 Å². The number of aromatic nitrogens is 1. The lowest BCUT2D eigenvalue weighted by Crippen LogP contribution is -2.48. The molecular formula is C25H32BrFN2O4. The highest BCUT2D eigenvalue weighted by Crippen LogP contribution is 2.53. The molecule has 1 saturated carbocycles. The molecular weight excluding hydrogens is 491 g/mol. The first kappa shape index (κ1) is 25.5. The number of halogens is 2. The molecule has 8 heteroatoms. The number of carbonyl (C=O) groups excluding carboxylic acids is 1. The minimum Gasteiger partial charge on any atom is -0.465 e. The van der Waals surface area contributed by atoms with E-state index >= 15 is 0 Å². The molecule has 0 N–H and O–H groups in total. The Kier molecular flexibility index (Phi) is 8.79. The zero-order valence-electron chi connectivity index (χ0n) is 19.4. The number of rotatable bonds is 12. The SMILES string of the molecule is CCCCCCCCCCOC(=O)C1(c2c([N+](=O)[O-])cnc3cc(F)c(Br)cc23)CC(C)C1. The maximum atomic E-state index is 14.1. The molecule has 0 amide bonds. The Morgan fingerprint density at radius 2 is 1.85 bits per heavy atom. The molecule has 0 bridgehead atoms. The van der Waals surface area contributed by atoms with Crippen LogP contribution in [0.5, 0.6) is 0 Å².